The SMILES string of the molecule is Cc1cnc(CN2c3c(n(C)c(=O)n(CCCO)c3=O)N(C)C2Oc2cccc(OC(F)F)c2)s1. The molecule has 1 aromatic carbocycles. The molecule has 1 aliphatic heterocycles. The third-order valence-electron chi connectivity index (χ3n) is 5.50. The number of aliphatic hydroxyl groups is 1. The van der Waals surface area contributed by atoms with Gasteiger partial charge >= 0.3 is 12.3 Å². The smallest absolute Gasteiger partial charge is 0.387 e. The van der Waals surface area contributed by atoms with Gasteiger partial charge in [0.25, 0.3) is 11.9 Å². The lowest BCUT2D eigenvalue weighted by molar-refractivity contribution is -0.0499. The topological polar surface area (TPSA) is 102 Å². The molecule has 0 saturated heterocycles. The van der Waals surface area contributed by atoms with Crippen LogP contribution in [0, 0.1) is 6.92 Å². The minimum atomic E-state index is -2.99. The van der Waals surface area contributed by atoms with E-state index in [4.69, 9.17) is 4.74 Å². The van der Waals surface area contributed by atoms with Gasteiger partial charge in [0.05, 0.1) is 6.54 Å². The first-order valence-corrected chi connectivity index (χ1v) is 11.6. The van der Waals surface area contributed by atoms with Crippen LogP contribution in [0.4, 0.5) is 20.3 Å². The molecule has 1 aliphatic rings. The number of halogens is 2. The van der Waals surface area contributed by atoms with E-state index >= 15 is 0 Å². The van der Waals surface area contributed by atoms with E-state index in [9.17, 15) is 23.5 Å². The Morgan fingerprint density at radius 2 is 1.97 bits per heavy atom. The zero-order valence-corrected chi connectivity index (χ0v) is 20.2. The van der Waals surface area contributed by atoms with Gasteiger partial charge in [-0.15, -0.1) is 11.3 Å². The van der Waals surface area contributed by atoms with Crippen LogP contribution in [0.15, 0.2) is 40.1 Å². The third kappa shape index (κ3) is 4.86. The number of aryl methyl sites for hydroxylation is 1. The molecule has 3 heterocycles. The second-order valence-corrected chi connectivity index (χ2v) is 9.27. The van der Waals surface area contributed by atoms with Gasteiger partial charge in [0.15, 0.2) is 0 Å². The Balaban J connectivity index is 1.79. The number of aliphatic hydroxyl groups excluding tert-OH is 1. The van der Waals surface area contributed by atoms with Crippen molar-refractivity contribution in [3.05, 3.63) is 61.2 Å². The number of benzene rings is 1. The first-order valence-electron chi connectivity index (χ1n) is 10.8. The fourth-order valence-corrected chi connectivity index (χ4v) is 4.80. The number of thiazole rings is 1. The molecular formula is C22H25F2N5O5S. The largest absolute Gasteiger partial charge is 0.452 e. The molecule has 35 heavy (non-hydrogen) atoms. The number of ether oxygens (including phenoxy) is 2. The highest BCUT2D eigenvalue weighted by Crippen LogP contribution is 2.37. The van der Waals surface area contributed by atoms with Crippen LogP contribution in [0.25, 0.3) is 0 Å². The number of aromatic nitrogens is 3. The Labute approximate surface area is 203 Å². The van der Waals surface area contributed by atoms with Crippen molar-refractivity contribution in [2.24, 2.45) is 7.05 Å². The van der Waals surface area contributed by atoms with E-state index in [-0.39, 0.29) is 43.3 Å². The Hall–Kier alpha value is -3.45. The highest BCUT2D eigenvalue weighted by molar-refractivity contribution is 7.11. The molecule has 0 radical (unpaired) electrons. The monoisotopic (exact) mass is 509 g/mol. The van der Waals surface area contributed by atoms with Gasteiger partial charge in [0.1, 0.15) is 28.0 Å². The zero-order valence-electron chi connectivity index (χ0n) is 19.4. The Morgan fingerprint density at radius 1 is 1.23 bits per heavy atom. The number of hydrogen-bond donors (Lipinski definition) is 1. The molecule has 0 fully saturated rings. The number of hydrogen-bond acceptors (Lipinski definition) is 9. The van der Waals surface area contributed by atoms with E-state index in [0.29, 0.717) is 5.82 Å². The summed E-state index contributed by atoms with van der Waals surface area (Å²) >= 11 is 1.46. The highest BCUT2D eigenvalue weighted by Gasteiger charge is 2.41. The molecule has 1 N–H and O–H groups in total. The summed E-state index contributed by atoms with van der Waals surface area (Å²) in [5, 5.41) is 9.94. The lowest BCUT2D eigenvalue weighted by atomic mass is 10.3. The van der Waals surface area contributed by atoms with Crippen LogP contribution in [0.5, 0.6) is 11.5 Å². The number of nitrogens with zero attached hydrogens (tertiary/aromatic N) is 5. The molecule has 0 bridgehead atoms. The number of rotatable bonds is 9. The fraction of sp³-hybridized carbons (Fsp3) is 0.409. The van der Waals surface area contributed by atoms with Gasteiger partial charge in [0.2, 0.25) is 0 Å². The van der Waals surface area contributed by atoms with E-state index in [1.165, 1.54) is 34.1 Å². The molecule has 188 valence electrons. The van der Waals surface area contributed by atoms with Crippen LogP contribution in [0.3, 0.4) is 0 Å². The summed E-state index contributed by atoms with van der Waals surface area (Å²) in [6, 6.07) is 5.81. The van der Waals surface area contributed by atoms with Crippen molar-refractivity contribution in [3.63, 3.8) is 0 Å². The lowest BCUT2D eigenvalue weighted by Gasteiger charge is -2.30. The van der Waals surface area contributed by atoms with E-state index in [0.717, 1.165) is 14.5 Å². The van der Waals surface area contributed by atoms with Crippen LogP contribution in [-0.2, 0) is 20.1 Å². The second-order valence-electron chi connectivity index (χ2n) is 7.95. The molecule has 0 spiro atoms. The Bertz CT molecular complexity index is 1320. The van der Waals surface area contributed by atoms with Crippen LogP contribution in [-0.4, -0.2) is 45.8 Å². The van der Waals surface area contributed by atoms with Crippen molar-refractivity contribution in [2.45, 2.75) is 39.4 Å². The maximum absolute atomic E-state index is 13.5. The highest BCUT2D eigenvalue weighted by atomic mass is 32.1. The number of anilines is 2. The van der Waals surface area contributed by atoms with Crippen molar-refractivity contribution >= 4 is 22.8 Å². The molecule has 1 unspecified atom stereocenters. The lowest BCUT2D eigenvalue weighted by Crippen LogP contribution is -2.46. The summed E-state index contributed by atoms with van der Waals surface area (Å²) in [6.07, 6.45) is 1.08. The normalized spacial score (nSPS) is 15.1. The maximum Gasteiger partial charge on any atom is 0.387 e. The molecule has 3 aromatic rings. The van der Waals surface area contributed by atoms with Gasteiger partial charge in [-0.1, -0.05) is 6.07 Å². The quantitative estimate of drug-likeness (QED) is 0.468. The van der Waals surface area contributed by atoms with Crippen LogP contribution >= 0.6 is 11.3 Å². The number of fused-ring (bicyclic) bond motifs is 1. The standard InChI is InChI=1S/C22H25F2N5O5S/c1-13-11-25-16(35-13)12-29-17-18(26(2)21(32)28(19(17)31)8-5-9-30)27(3)22(29)34-15-7-4-6-14(10-15)33-20(23)24/h4,6-7,10-11,20,22,30H,5,8-9,12H2,1-3H3. The van der Waals surface area contributed by atoms with E-state index in [1.807, 2.05) is 6.92 Å². The molecule has 2 aromatic heterocycles. The van der Waals surface area contributed by atoms with Crippen molar-refractivity contribution in [3.8, 4) is 11.5 Å². The molecule has 10 nitrogen and oxygen atoms in total. The zero-order chi connectivity index (χ0) is 25.3. The summed E-state index contributed by atoms with van der Waals surface area (Å²) in [6.45, 7) is -0.972. The van der Waals surface area contributed by atoms with Gasteiger partial charge in [-0.05, 0) is 25.5 Å². The van der Waals surface area contributed by atoms with Gasteiger partial charge in [-0.25, -0.2) is 9.78 Å². The molecule has 0 aliphatic carbocycles. The van der Waals surface area contributed by atoms with Gasteiger partial charge in [-0.2, -0.15) is 8.78 Å². The number of alkyl halides is 2. The Morgan fingerprint density at radius 3 is 2.63 bits per heavy atom. The van der Waals surface area contributed by atoms with Gasteiger partial charge in [-0.3, -0.25) is 13.9 Å². The van der Waals surface area contributed by atoms with Gasteiger partial charge < -0.3 is 24.4 Å². The Kier molecular flexibility index (Phi) is 7.08. The first-order chi connectivity index (χ1) is 16.7. The average Bonchev–Trinajstić information content (AvgIpc) is 3.33. The summed E-state index contributed by atoms with van der Waals surface area (Å²) in [5.74, 6) is 0.508. The van der Waals surface area contributed by atoms with Crippen molar-refractivity contribution in [1.29, 1.82) is 0 Å². The minimum absolute atomic E-state index is 0.0573. The molecule has 4 rings (SSSR count). The summed E-state index contributed by atoms with van der Waals surface area (Å²) in [5.41, 5.74) is -0.796. The summed E-state index contributed by atoms with van der Waals surface area (Å²) < 4.78 is 38.4. The molecule has 0 amide bonds. The second kappa shape index (κ2) is 10.0. The summed E-state index contributed by atoms with van der Waals surface area (Å²) in [7, 11) is 3.23. The third-order valence-corrected chi connectivity index (χ3v) is 6.40. The van der Waals surface area contributed by atoms with Crippen molar-refractivity contribution in [1.82, 2.24) is 14.1 Å². The van der Waals surface area contributed by atoms with Crippen molar-refractivity contribution < 1.29 is 23.4 Å². The van der Waals surface area contributed by atoms with E-state index < -0.39 is 24.2 Å². The molecule has 1 atom stereocenters. The van der Waals surface area contributed by atoms with Crippen LogP contribution < -0.4 is 30.5 Å². The van der Waals surface area contributed by atoms with Crippen molar-refractivity contribution in [2.75, 3.05) is 23.5 Å². The predicted molar refractivity (Wildman–Crippen MR) is 127 cm³/mol. The fourth-order valence-electron chi connectivity index (χ4n) is 4.01. The minimum Gasteiger partial charge on any atom is -0.452 e. The van der Waals surface area contributed by atoms with Gasteiger partial charge in [0, 0.05) is 44.4 Å². The van der Waals surface area contributed by atoms with E-state index in [1.54, 1.807) is 36.2 Å². The maximum atomic E-state index is 13.5. The average molecular weight is 510 g/mol. The van der Waals surface area contributed by atoms with Crippen LogP contribution in [0.1, 0.15) is 16.3 Å². The van der Waals surface area contributed by atoms with E-state index in [2.05, 4.69) is 9.72 Å². The van der Waals surface area contributed by atoms with Crippen LogP contribution in [0.2, 0.25) is 0 Å². The predicted octanol–water partition coefficient (Wildman–Crippen LogP) is 2.11. The molecule has 0 saturated carbocycles. The first kappa shape index (κ1) is 24.7. The summed E-state index contributed by atoms with van der Waals surface area (Å²) in [4.78, 5) is 35.1. The molecular weight excluding hydrogens is 484 g/mol. The molecule has 13 heteroatoms.